The number of sulfonamides is 1. The molecule has 0 amide bonds. The van der Waals surface area contributed by atoms with Crippen LogP contribution < -0.4 is 14.4 Å². The number of methoxy groups -OCH3 is 1. The number of aromatic carboxylic acids is 1. The minimum atomic E-state index is -4.04. The molecule has 1 aliphatic rings. The number of hydrogen-bond donors (Lipinski definition) is 2. The molecule has 162 valence electrons. The maximum absolute atomic E-state index is 12.9. The van der Waals surface area contributed by atoms with Crippen LogP contribution in [0.25, 0.3) is 0 Å². The third-order valence-corrected chi connectivity index (χ3v) is 6.73. The van der Waals surface area contributed by atoms with Gasteiger partial charge in [0.1, 0.15) is 10.6 Å². The maximum Gasteiger partial charge on any atom is 0.337 e. The van der Waals surface area contributed by atoms with Crippen molar-refractivity contribution in [2.75, 3.05) is 29.8 Å². The monoisotopic (exact) mass is 452 g/mol. The van der Waals surface area contributed by atoms with Gasteiger partial charge < -0.3 is 14.7 Å². The predicted molar refractivity (Wildman–Crippen MR) is 118 cm³/mol. The van der Waals surface area contributed by atoms with Crippen LogP contribution in [-0.2, 0) is 10.0 Å². The second kappa shape index (κ2) is 9.57. The quantitative estimate of drug-likeness (QED) is 0.664. The lowest BCUT2D eigenvalue weighted by Crippen LogP contribution is -2.28. The van der Waals surface area contributed by atoms with Gasteiger partial charge in [0.25, 0.3) is 10.0 Å². The van der Waals surface area contributed by atoms with Crippen molar-refractivity contribution < 1.29 is 23.1 Å². The Bertz CT molecular complexity index is 1020. The van der Waals surface area contributed by atoms with Gasteiger partial charge in [0, 0.05) is 23.8 Å². The molecule has 3 rings (SSSR count). The molecule has 1 aliphatic heterocycles. The molecule has 0 aliphatic carbocycles. The Morgan fingerprint density at radius 3 is 2.37 bits per heavy atom. The molecular formula is C21H25ClN2O5S. The first-order chi connectivity index (χ1) is 14.3. The predicted octanol–water partition coefficient (Wildman–Crippen LogP) is 4.62. The summed E-state index contributed by atoms with van der Waals surface area (Å²) < 4.78 is 33.3. The molecule has 1 saturated heterocycles. The van der Waals surface area contributed by atoms with E-state index in [4.69, 9.17) is 16.3 Å². The van der Waals surface area contributed by atoms with Crippen LogP contribution in [0.3, 0.4) is 0 Å². The molecule has 7 nitrogen and oxygen atoms in total. The molecule has 2 aromatic rings. The van der Waals surface area contributed by atoms with E-state index in [0.717, 1.165) is 38.8 Å². The summed E-state index contributed by atoms with van der Waals surface area (Å²) in [6.45, 7) is 1.57. The van der Waals surface area contributed by atoms with Gasteiger partial charge in [-0.3, -0.25) is 4.72 Å². The largest absolute Gasteiger partial charge is 0.495 e. The molecule has 0 saturated carbocycles. The molecule has 0 aromatic heterocycles. The number of carboxylic acid groups (broad SMARTS) is 1. The smallest absolute Gasteiger partial charge is 0.337 e. The van der Waals surface area contributed by atoms with Crippen LogP contribution in [0.15, 0.2) is 41.3 Å². The molecule has 0 unspecified atom stereocenters. The van der Waals surface area contributed by atoms with Crippen molar-refractivity contribution in [2.24, 2.45) is 0 Å². The van der Waals surface area contributed by atoms with Crippen LogP contribution in [0.2, 0.25) is 5.02 Å². The number of benzene rings is 2. The fourth-order valence-electron chi connectivity index (χ4n) is 3.61. The fraction of sp³-hybridized carbons (Fsp3) is 0.381. The number of rotatable bonds is 6. The lowest BCUT2D eigenvalue weighted by molar-refractivity contribution is 0.0697. The minimum absolute atomic E-state index is 0.0637. The summed E-state index contributed by atoms with van der Waals surface area (Å²) in [4.78, 5) is 13.9. The summed E-state index contributed by atoms with van der Waals surface area (Å²) in [5.74, 6) is -0.962. The Hall–Kier alpha value is -2.45. The zero-order valence-electron chi connectivity index (χ0n) is 16.7. The lowest BCUT2D eigenvalue weighted by atomic mass is 10.1. The summed E-state index contributed by atoms with van der Waals surface area (Å²) in [5.41, 5.74) is 0.826. The average Bonchev–Trinajstić information content (AvgIpc) is 2.68. The van der Waals surface area contributed by atoms with Crippen molar-refractivity contribution in [3.05, 3.63) is 47.0 Å². The molecular weight excluding hydrogens is 428 g/mol. The van der Waals surface area contributed by atoms with Crippen LogP contribution in [0.1, 0.15) is 42.5 Å². The van der Waals surface area contributed by atoms with Crippen molar-refractivity contribution >= 4 is 39.0 Å². The number of nitrogens with zero attached hydrogens (tertiary/aromatic N) is 1. The number of carboxylic acids is 1. The average molecular weight is 453 g/mol. The number of nitrogens with one attached hydrogen (secondary N) is 1. The third kappa shape index (κ3) is 5.17. The van der Waals surface area contributed by atoms with Gasteiger partial charge in [-0.25, -0.2) is 13.2 Å². The fourth-order valence-corrected chi connectivity index (χ4v) is 5.09. The Kier molecular flexibility index (Phi) is 7.10. The van der Waals surface area contributed by atoms with Gasteiger partial charge >= 0.3 is 5.97 Å². The second-order valence-electron chi connectivity index (χ2n) is 7.19. The SMILES string of the molecule is COc1ccc(Cl)cc1S(=O)(=O)Nc1ccc(N2CCCCCCC2)c(C(=O)O)c1. The molecule has 0 bridgehead atoms. The number of anilines is 2. The van der Waals surface area contributed by atoms with E-state index >= 15 is 0 Å². The Morgan fingerprint density at radius 2 is 1.73 bits per heavy atom. The zero-order chi connectivity index (χ0) is 21.7. The second-order valence-corrected chi connectivity index (χ2v) is 9.28. The Labute approximate surface area is 181 Å². The van der Waals surface area contributed by atoms with Gasteiger partial charge in [-0.2, -0.15) is 0 Å². The van der Waals surface area contributed by atoms with Gasteiger partial charge in [0.15, 0.2) is 0 Å². The Morgan fingerprint density at radius 1 is 1.07 bits per heavy atom. The van der Waals surface area contributed by atoms with Crippen molar-refractivity contribution in [2.45, 2.75) is 37.0 Å². The standard InChI is InChI=1S/C21H25ClN2O5S/c1-29-19-10-7-15(22)13-20(19)30(27,28)23-16-8-9-18(17(14-16)21(25)26)24-11-5-3-2-4-6-12-24/h7-10,13-14,23H,2-6,11-12H2,1H3,(H,25,26). The highest BCUT2D eigenvalue weighted by Gasteiger charge is 2.23. The van der Waals surface area contributed by atoms with E-state index in [2.05, 4.69) is 9.62 Å². The van der Waals surface area contributed by atoms with E-state index in [1.165, 1.54) is 37.8 Å². The first kappa shape index (κ1) is 22.2. The van der Waals surface area contributed by atoms with Gasteiger partial charge in [-0.15, -0.1) is 0 Å². The topological polar surface area (TPSA) is 95.9 Å². The van der Waals surface area contributed by atoms with Crippen molar-refractivity contribution in [1.29, 1.82) is 0 Å². The van der Waals surface area contributed by atoms with Gasteiger partial charge in [-0.1, -0.05) is 30.9 Å². The molecule has 0 spiro atoms. The first-order valence-corrected chi connectivity index (χ1v) is 11.7. The van der Waals surface area contributed by atoms with Gasteiger partial charge in [0.05, 0.1) is 18.4 Å². The van der Waals surface area contributed by atoms with Crippen LogP contribution in [-0.4, -0.2) is 39.7 Å². The highest BCUT2D eigenvalue weighted by molar-refractivity contribution is 7.92. The molecule has 1 heterocycles. The van der Waals surface area contributed by atoms with Crippen molar-refractivity contribution in [3.63, 3.8) is 0 Å². The van der Waals surface area contributed by atoms with Crippen LogP contribution in [0.4, 0.5) is 11.4 Å². The summed E-state index contributed by atoms with van der Waals surface area (Å²) in [5, 5.41) is 9.98. The maximum atomic E-state index is 12.9. The summed E-state index contributed by atoms with van der Waals surface area (Å²) >= 11 is 5.95. The lowest BCUT2D eigenvalue weighted by Gasteiger charge is -2.28. The number of hydrogen-bond acceptors (Lipinski definition) is 5. The molecule has 0 radical (unpaired) electrons. The van der Waals surface area contributed by atoms with E-state index < -0.39 is 16.0 Å². The van der Waals surface area contributed by atoms with E-state index in [0.29, 0.717) is 5.69 Å². The van der Waals surface area contributed by atoms with E-state index in [9.17, 15) is 18.3 Å². The molecule has 1 fully saturated rings. The highest BCUT2D eigenvalue weighted by Crippen LogP contribution is 2.31. The van der Waals surface area contributed by atoms with E-state index in [1.807, 2.05) is 0 Å². The normalized spacial score (nSPS) is 15.2. The zero-order valence-corrected chi connectivity index (χ0v) is 18.3. The molecule has 0 atom stereocenters. The molecule has 2 N–H and O–H groups in total. The van der Waals surface area contributed by atoms with Crippen LogP contribution in [0.5, 0.6) is 5.75 Å². The number of carbonyl (C=O) groups is 1. The summed E-state index contributed by atoms with van der Waals surface area (Å²) in [6.07, 6.45) is 5.45. The number of halogens is 1. The number of ether oxygens (including phenoxy) is 1. The molecule has 9 heteroatoms. The van der Waals surface area contributed by atoms with Crippen LogP contribution >= 0.6 is 11.6 Å². The Balaban J connectivity index is 1.93. The molecule has 30 heavy (non-hydrogen) atoms. The molecule has 2 aromatic carbocycles. The van der Waals surface area contributed by atoms with Crippen molar-refractivity contribution in [1.82, 2.24) is 0 Å². The highest BCUT2D eigenvalue weighted by atomic mass is 35.5. The van der Waals surface area contributed by atoms with Gasteiger partial charge in [0.2, 0.25) is 0 Å². The summed E-state index contributed by atoms with van der Waals surface area (Å²) in [6, 6.07) is 8.87. The third-order valence-electron chi connectivity index (χ3n) is 5.09. The van der Waals surface area contributed by atoms with Crippen LogP contribution in [0, 0.1) is 0 Å². The minimum Gasteiger partial charge on any atom is -0.495 e. The summed E-state index contributed by atoms with van der Waals surface area (Å²) in [7, 11) is -2.67. The van der Waals surface area contributed by atoms with Crippen molar-refractivity contribution in [3.8, 4) is 5.75 Å². The first-order valence-electron chi connectivity index (χ1n) is 9.80. The van der Waals surface area contributed by atoms with E-state index in [-0.39, 0.29) is 26.9 Å². The van der Waals surface area contributed by atoms with Gasteiger partial charge in [-0.05, 0) is 49.2 Å². The van der Waals surface area contributed by atoms with E-state index in [1.54, 1.807) is 12.1 Å².